The van der Waals surface area contributed by atoms with Gasteiger partial charge in [0, 0.05) is 36.2 Å². The summed E-state index contributed by atoms with van der Waals surface area (Å²) in [5, 5.41) is 5.95. The molecule has 0 aromatic carbocycles. The highest BCUT2D eigenvalue weighted by atomic mass is 32.2. The lowest BCUT2D eigenvalue weighted by atomic mass is 9.93. The minimum absolute atomic E-state index is 0.211. The van der Waals surface area contributed by atoms with E-state index in [0.29, 0.717) is 18.5 Å². The number of amides is 1. The molecule has 110 valence electrons. The van der Waals surface area contributed by atoms with Crippen LogP contribution in [0.1, 0.15) is 36.6 Å². The minimum atomic E-state index is 0.211. The Labute approximate surface area is 129 Å². The van der Waals surface area contributed by atoms with E-state index in [9.17, 15) is 4.79 Å². The van der Waals surface area contributed by atoms with E-state index < -0.39 is 0 Å². The highest BCUT2D eigenvalue weighted by Gasteiger charge is 2.36. The monoisotopic (exact) mass is 310 g/mol. The van der Waals surface area contributed by atoms with Crippen molar-refractivity contribution in [3.8, 4) is 0 Å². The lowest BCUT2D eigenvalue weighted by molar-refractivity contribution is -0.135. The number of rotatable bonds is 3. The average molecular weight is 310 g/mol. The first-order valence-electron chi connectivity index (χ1n) is 7.38. The molecule has 2 fully saturated rings. The summed E-state index contributed by atoms with van der Waals surface area (Å²) in [7, 11) is 1.95. The van der Waals surface area contributed by atoms with Crippen molar-refractivity contribution >= 4 is 29.0 Å². The van der Waals surface area contributed by atoms with Crippen LogP contribution >= 0.6 is 23.1 Å². The molecule has 3 nitrogen and oxygen atoms in total. The molecule has 0 spiro atoms. The van der Waals surface area contributed by atoms with E-state index in [-0.39, 0.29) is 11.9 Å². The molecule has 1 amide bonds. The topological polar surface area (TPSA) is 32.3 Å². The maximum Gasteiger partial charge on any atom is 0.222 e. The number of hydrogen-bond acceptors (Lipinski definition) is 4. The molecule has 2 aliphatic heterocycles. The normalized spacial score (nSPS) is 31.6. The van der Waals surface area contributed by atoms with Crippen LogP contribution in [0.5, 0.6) is 0 Å². The molecule has 5 heteroatoms. The number of nitrogens with one attached hydrogen (secondary N) is 1. The van der Waals surface area contributed by atoms with Crippen LogP contribution in [-0.4, -0.2) is 41.4 Å². The SMILES string of the molecule is CN1C(=O)CC[C@H](N[C@H]2CCCSC2)[C@H]1c1cccs1. The number of thiophene rings is 1. The zero-order chi connectivity index (χ0) is 13.9. The van der Waals surface area contributed by atoms with Crippen molar-refractivity contribution in [2.75, 3.05) is 18.6 Å². The summed E-state index contributed by atoms with van der Waals surface area (Å²) in [6.45, 7) is 0. The largest absolute Gasteiger partial charge is 0.336 e. The van der Waals surface area contributed by atoms with Crippen molar-refractivity contribution in [1.29, 1.82) is 0 Å². The third-order valence-electron chi connectivity index (χ3n) is 4.31. The van der Waals surface area contributed by atoms with E-state index in [1.807, 2.05) is 11.9 Å². The number of thioether (sulfide) groups is 1. The molecule has 2 saturated heterocycles. The fraction of sp³-hybridized carbons (Fsp3) is 0.667. The van der Waals surface area contributed by atoms with Gasteiger partial charge < -0.3 is 10.2 Å². The van der Waals surface area contributed by atoms with E-state index in [1.54, 1.807) is 11.3 Å². The second kappa shape index (κ2) is 6.50. The Hall–Kier alpha value is -0.520. The molecule has 3 rings (SSSR count). The van der Waals surface area contributed by atoms with Gasteiger partial charge >= 0.3 is 0 Å². The molecule has 0 aliphatic carbocycles. The van der Waals surface area contributed by atoms with Gasteiger partial charge in [0.05, 0.1) is 6.04 Å². The van der Waals surface area contributed by atoms with Gasteiger partial charge in [0.25, 0.3) is 0 Å². The van der Waals surface area contributed by atoms with Crippen molar-refractivity contribution in [2.45, 2.75) is 43.8 Å². The van der Waals surface area contributed by atoms with Crippen LogP contribution in [0, 0.1) is 0 Å². The Morgan fingerprint density at radius 3 is 3.00 bits per heavy atom. The maximum absolute atomic E-state index is 12.0. The third-order valence-corrected chi connectivity index (χ3v) is 6.46. The molecule has 3 atom stereocenters. The van der Waals surface area contributed by atoms with E-state index in [1.165, 1.54) is 29.2 Å². The van der Waals surface area contributed by atoms with Gasteiger partial charge in [-0.15, -0.1) is 11.3 Å². The summed E-state index contributed by atoms with van der Waals surface area (Å²) in [5.74, 6) is 2.79. The van der Waals surface area contributed by atoms with Crippen LogP contribution in [-0.2, 0) is 4.79 Å². The molecular formula is C15H22N2OS2. The summed E-state index contributed by atoms with van der Waals surface area (Å²) >= 11 is 3.81. The van der Waals surface area contributed by atoms with Gasteiger partial charge in [0.15, 0.2) is 0 Å². The molecule has 20 heavy (non-hydrogen) atoms. The van der Waals surface area contributed by atoms with Gasteiger partial charge in [-0.05, 0) is 36.5 Å². The fourth-order valence-corrected chi connectivity index (χ4v) is 5.25. The number of nitrogens with zero attached hydrogens (tertiary/aromatic N) is 1. The predicted octanol–water partition coefficient (Wildman–Crippen LogP) is 2.90. The van der Waals surface area contributed by atoms with E-state index in [2.05, 4.69) is 34.6 Å². The molecular weight excluding hydrogens is 288 g/mol. The van der Waals surface area contributed by atoms with Crippen LogP contribution in [0.3, 0.4) is 0 Å². The predicted molar refractivity (Wildman–Crippen MR) is 86.3 cm³/mol. The quantitative estimate of drug-likeness (QED) is 0.932. The first-order chi connectivity index (χ1) is 9.75. The molecule has 0 bridgehead atoms. The smallest absolute Gasteiger partial charge is 0.222 e. The van der Waals surface area contributed by atoms with Gasteiger partial charge in [-0.1, -0.05) is 6.07 Å². The number of likely N-dealkylation sites (N-methyl/N-ethyl adjacent to an activating group) is 1. The Morgan fingerprint density at radius 1 is 1.40 bits per heavy atom. The summed E-state index contributed by atoms with van der Waals surface area (Å²) in [4.78, 5) is 15.3. The highest BCUT2D eigenvalue weighted by Crippen LogP contribution is 2.34. The first kappa shape index (κ1) is 14.4. The maximum atomic E-state index is 12.0. The number of likely N-dealkylation sites (tertiary alicyclic amines) is 1. The van der Waals surface area contributed by atoms with Crippen LogP contribution in [0.2, 0.25) is 0 Å². The number of piperidine rings is 1. The van der Waals surface area contributed by atoms with Gasteiger partial charge in [-0.2, -0.15) is 11.8 Å². The van der Waals surface area contributed by atoms with Crippen molar-refractivity contribution in [3.05, 3.63) is 22.4 Å². The summed E-state index contributed by atoms with van der Waals surface area (Å²) < 4.78 is 0. The Morgan fingerprint density at radius 2 is 2.30 bits per heavy atom. The zero-order valence-corrected chi connectivity index (χ0v) is 13.5. The standard InChI is InChI=1S/C15H22N2OS2/c1-17-14(18)7-6-12(15(17)13-5-3-9-20-13)16-11-4-2-8-19-10-11/h3,5,9,11-12,15-16H,2,4,6-8,10H2,1H3/t11-,12-,15-/m0/s1. The fourth-order valence-electron chi connectivity index (χ4n) is 3.24. The molecule has 0 unspecified atom stereocenters. The van der Waals surface area contributed by atoms with Gasteiger partial charge in [-0.25, -0.2) is 0 Å². The average Bonchev–Trinajstić information content (AvgIpc) is 2.98. The first-order valence-corrected chi connectivity index (χ1v) is 9.42. The molecule has 2 aliphatic rings. The van der Waals surface area contributed by atoms with E-state index >= 15 is 0 Å². The van der Waals surface area contributed by atoms with Crippen molar-refractivity contribution in [3.63, 3.8) is 0 Å². The molecule has 1 aromatic rings. The Bertz CT molecular complexity index is 443. The molecule has 1 N–H and O–H groups in total. The number of carbonyl (C=O) groups is 1. The zero-order valence-electron chi connectivity index (χ0n) is 11.9. The van der Waals surface area contributed by atoms with Crippen molar-refractivity contribution < 1.29 is 4.79 Å². The van der Waals surface area contributed by atoms with E-state index in [0.717, 1.165) is 6.42 Å². The van der Waals surface area contributed by atoms with E-state index in [4.69, 9.17) is 0 Å². The second-order valence-electron chi connectivity index (χ2n) is 5.69. The van der Waals surface area contributed by atoms with Crippen LogP contribution in [0.15, 0.2) is 17.5 Å². The lowest BCUT2D eigenvalue weighted by Crippen LogP contribution is -2.52. The van der Waals surface area contributed by atoms with Gasteiger partial charge in [0.2, 0.25) is 5.91 Å². The summed E-state index contributed by atoms with van der Waals surface area (Å²) in [6.07, 6.45) is 4.23. The molecule has 0 saturated carbocycles. The minimum Gasteiger partial charge on any atom is -0.336 e. The third kappa shape index (κ3) is 3.05. The molecule has 3 heterocycles. The molecule has 1 aromatic heterocycles. The Balaban J connectivity index is 1.74. The summed E-state index contributed by atoms with van der Waals surface area (Å²) in [6, 6.07) is 5.47. The second-order valence-corrected chi connectivity index (χ2v) is 7.82. The number of hydrogen-bond donors (Lipinski definition) is 1. The van der Waals surface area contributed by atoms with Gasteiger partial charge in [0.1, 0.15) is 0 Å². The van der Waals surface area contributed by atoms with Crippen LogP contribution < -0.4 is 5.32 Å². The van der Waals surface area contributed by atoms with Crippen LogP contribution in [0.25, 0.3) is 0 Å². The lowest BCUT2D eigenvalue weighted by Gasteiger charge is -2.41. The Kier molecular flexibility index (Phi) is 4.68. The van der Waals surface area contributed by atoms with Crippen molar-refractivity contribution in [1.82, 2.24) is 10.2 Å². The molecule has 0 radical (unpaired) electrons. The van der Waals surface area contributed by atoms with Gasteiger partial charge in [-0.3, -0.25) is 4.79 Å². The highest BCUT2D eigenvalue weighted by molar-refractivity contribution is 7.99. The number of carbonyl (C=O) groups excluding carboxylic acids is 1. The van der Waals surface area contributed by atoms with Crippen molar-refractivity contribution in [2.24, 2.45) is 0 Å². The summed E-state index contributed by atoms with van der Waals surface area (Å²) in [5.41, 5.74) is 0. The van der Waals surface area contributed by atoms with Crippen LogP contribution in [0.4, 0.5) is 0 Å².